The van der Waals surface area contributed by atoms with E-state index in [4.69, 9.17) is 17.0 Å². The third-order valence-electron chi connectivity index (χ3n) is 3.01. The fourth-order valence-electron chi connectivity index (χ4n) is 2.18. The largest absolute Gasteiger partial charge is 0.377 e. The predicted octanol–water partition coefficient (Wildman–Crippen LogP) is 0.801. The number of nitrogens with one attached hydrogen (secondary N) is 1. The zero-order chi connectivity index (χ0) is 9.73. The Labute approximate surface area is 80.0 Å². The second-order valence-corrected chi connectivity index (χ2v) is 3.60. The number of nitrogens with two attached hydrogens (primary N) is 1. The normalized spacial score (nSPS) is 22.5. The molecule has 0 heterocycles. The SMILES string of the molecule is C#CCC(NN)C1(OC)CCCC1. The molecule has 3 nitrogen and oxygen atoms in total. The first-order valence-electron chi connectivity index (χ1n) is 4.74. The second-order valence-electron chi connectivity index (χ2n) is 3.60. The zero-order valence-electron chi connectivity index (χ0n) is 8.18. The van der Waals surface area contributed by atoms with Crippen molar-refractivity contribution < 1.29 is 4.74 Å². The van der Waals surface area contributed by atoms with E-state index < -0.39 is 0 Å². The van der Waals surface area contributed by atoms with E-state index in [1.165, 1.54) is 12.8 Å². The second kappa shape index (κ2) is 4.61. The summed E-state index contributed by atoms with van der Waals surface area (Å²) in [4.78, 5) is 0. The highest BCUT2D eigenvalue weighted by molar-refractivity contribution is 5.02. The molecule has 13 heavy (non-hydrogen) atoms. The summed E-state index contributed by atoms with van der Waals surface area (Å²) in [5.41, 5.74) is 2.65. The minimum Gasteiger partial charge on any atom is -0.377 e. The number of terminal acetylenes is 1. The molecule has 0 saturated heterocycles. The summed E-state index contributed by atoms with van der Waals surface area (Å²) in [6.45, 7) is 0. The summed E-state index contributed by atoms with van der Waals surface area (Å²) < 4.78 is 5.57. The molecule has 1 saturated carbocycles. The Bertz CT molecular complexity index is 192. The Kier molecular flexibility index (Phi) is 3.73. The van der Waals surface area contributed by atoms with E-state index in [1.807, 2.05) is 0 Å². The fraction of sp³-hybridized carbons (Fsp3) is 0.800. The average molecular weight is 182 g/mol. The molecular weight excluding hydrogens is 164 g/mol. The van der Waals surface area contributed by atoms with Gasteiger partial charge in [0.15, 0.2) is 0 Å². The van der Waals surface area contributed by atoms with E-state index in [-0.39, 0.29) is 11.6 Å². The van der Waals surface area contributed by atoms with Crippen LogP contribution in [0.4, 0.5) is 0 Å². The van der Waals surface area contributed by atoms with Gasteiger partial charge in [-0.15, -0.1) is 12.3 Å². The van der Waals surface area contributed by atoms with Gasteiger partial charge in [-0.25, -0.2) is 0 Å². The van der Waals surface area contributed by atoms with Gasteiger partial charge in [-0.3, -0.25) is 11.3 Å². The van der Waals surface area contributed by atoms with Crippen molar-refractivity contribution in [3.63, 3.8) is 0 Å². The van der Waals surface area contributed by atoms with Gasteiger partial charge in [0, 0.05) is 13.5 Å². The summed E-state index contributed by atoms with van der Waals surface area (Å²) in [5, 5.41) is 0. The van der Waals surface area contributed by atoms with Crippen molar-refractivity contribution in [3.8, 4) is 12.3 Å². The Morgan fingerprint density at radius 3 is 2.62 bits per heavy atom. The molecule has 1 aliphatic carbocycles. The summed E-state index contributed by atoms with van der Waals surface area (Å²) >= 11 is 0. The number of rotatable bonds is 4. The molecule has 1 fully saturated rings. The van der Waals surface area contributed by atoms with Crippen LogP contribution in [0.2, 0.25) is 0 Å². The predicted molar refractivity (Wildman–Crippen MR) is 52.8 cm³/mol. The first-order chi connectivity index (χ1) is 6.29. The van der Waals surface area contributed by atoms with Gasteiger partial charge < -0.3 is 4.74 Å². The molecular formula is C10H18N2O. The molecule has 74 valence electrons. The van der Waals surface area contributed by atoms with Crippen molar-refractivity contribution in [3.05, 3.63) is 0 Å². The van der Waals surface area contributed by atoms with Crippen LogP contribution in [0.15, 0.2) is 0 Å². The number of hydrogen-bond acceptors (Lipinski definition) is 3. The maximum Gasteiger partial charge on any atom is 0.0853 e. The van der Waals surface area contributed by atoms with Gasteiger partial charge in [-0.05, 0) is 12.8 Å². The Morgan fingerprint density at radius 2 is 2.23 bits per heavy atom. The van der Waals surface area contributed by atoms with E-state index >= 15 is 0 Å². The highest BCUT2D eigenvalue weighted by Crippen LogP contribution is 2.36. The number of hydrogen-bond donors (Lipinski definition) is 2. The van der Waals surface area contributed by atoms with Crippen LogP contribution >= 0.6 is 0 Å². The van der Waals surface area contributed by atoms with Crippen LogP contribution in [-0.4, -0.2) is 18.8 Å². The lowest BCUT2D eigenvalue weighted by Gasteiger charge is -2.34. The quantitative estimate of drug-likeness (QED) is 0.384. The summed E-state index contributed by atoms with van der Waals surface area (Å²) in [7, 11) is 1.74. The summed E-state index contributed by atoms with van der Waals surface area (Å²) in [5.74, 6) is 8.11. The maximum atomic E-state index is 5.57. The molecule has 3 heteroatoms. The first kappa shape index (κ1) is 10.5. The Morgan fingerprint density at radius 1 is 1.62 bits per heavy atom. The van der Waals surface area contributed by atoms with Crippen molar-refractivity contribution in [2.24, 2.45) is 5.84 Å². The third-order valence-corrected chi connectivity index (χ3v) is 3.01. The fourth-order valence-corrected chi connectivity index (χ4v) is 2.18. The molecule has 1 unspecified atom stereocenters. The van der Waals surface area contributed by atoms with Crippen LogP contribution in [0.5, 0.6) is 0 Å². The van der Waals surface area contributed by atoms with E-state index in [2.05, 4.69) is 11.3 Å². The van der Waals surface area contributed by atoms with Crippen LogP contribution in [0.25, 0.3) is 0 Å². The van der Waals surface area contributed by atoms with Crippen LogP contribution in [0.1, 0.15) is 32.1 Å². The van der Waals surface area contributed by atoms with E-state index in [9.17, 15) is 0 Å². The van der Waals surface area contributed by atoms with Crippen molar-refractivity contribution in [2.75, 3.05) is 7.11 Å². The Hall–Kier alpha value is -0.560. The zero-order valence-corrected chi connectivity index (χ0v) is 8.18. The summed E-state index contributed by atoms with van der Waals surface area (Å²) in [6.07, 6.45) is 10.4. The van der Waals surface area contributed by atoms with Crippen molar-refractivity contribution >= 4 is 0 Å². The lowest BCUT2D eigenvalue weighted by Crippen LogP contribution is -2.52. The summed E-state index contributed by atoms with van der Waals surface area (Å²) in [6, 6.07) is 0.0880. The van der Waals surface area contributed by atoms with Gasteiger partial charge in [0.2, 0.25) is 0 Å². The molecule has 0 spiro atoms. The molecule has 0 bridgehead atoms. The van der Waals surface area contributed by atoms with E-state index in [1.54, 1.807) is 7.11 Å². The van der Waals surface area contributed by atoms with Gasteiger partial charge in [0.1, 0.15) is 0 Å². The van der Waals surface area contributed by atoms with Crippen LogP contribution in [-0.2, 0) is 4.74 Å². The molecule has 0 aliphatic heterocycles. The van der Waals surface area contributed by atoms with Crippen LogP contribution < -0.4 is 11.3 Å². The molecule has 0 aromatic carbocycles. The molecule has 1 atom stereocenters. The number of methoxy groups -OCH3 is 1. The monoisotopic (exact) mass is 182 g/mol. The molecule has 0 aromatic heterocycles. The first-order valence-corrected chi connectivity index (χ1v) is 4.74. The van der Waals surface area contributed by atoms with Crippen LogP contribution in [0, 0.1) is 12.3 Å². The van der Waals surface area contributed by atoms with Crippen molar-refractivity contribution in [2.45, 2.75) is 43.7 Å². The van der Waals surface area contributed by atoms with E-state index in [0.29, 0.717) is 6.42 Å². The van der Waals surface area contributed by atoms with Crippen molar-refractivity contribution in [1.82, 2.24) is 5.43 Å². The highest BCUT2D eigenvalue weighted by atomic mass is 16.5. The molecule has 0 radical (unpaired) electrons. The minimum absolute atomic E-state index is 0.0880. The maximum absolute atomic E-state index is 5.57. The van der Waals surface area contributed by atoms with E-state index in [0.717, 1.165) is 12.8 Å². The Balaban J connectivity index is 2.67. The molecule has 3 N–H and O–H groups in total. The average Bonchev–Trinajstić information content (AvgIpc) is 2.63. The van der Waals surface area contributed by atoms with Gasteiger partial charge in [-0.1, -0.05) is 12.8 Å². The third kappa shape index (κ3) is 2.02. The topological polar surface area (TPSA) is 47.3 Å². The standard InChI is InChI=1S/C10H18N2O/c1-3-6-9(12-11)10(13-2)7-4-5-8-10/h1,9,12H,4-8,11H2,2H3. The molecule has 0 aromatic rings. The smallest absolute Gasteiger partial charge is 0.0853 e. The van der Waals surface area contributed by atoms with Gasteiger partial charge >= 0.3 is 0 Å². The lowest BCUT2D eigenvalue weighted by atomic mass is 9.90. The molecule has 0 amide bonds. The van der Waals surface area contributed by atoms with Crippen LogP contribution in [0.3, 0.4) is 0 Å². The van der Waals surface area contributed by atoms with Gasteiger partial charge in [0.25, 0.3) is 0 Å². The van der Waals surface area contributed by atoms with Gasteiger partial charge in [0.05, 0.1) is 11.6 Å². The molecule has 1 rings (SSSR count). The number of hydrazine groups is 1. The minimum atomic E-state index is -0.124. The lowest BCUT2D eigenvalue weighted by molar-refractivity contribution is -0.0343. The van der Waals surface area contributed by atoms with Crippen molar-refractivity contribution in [1.29, 1.82) is 0 Å². The molecule has 1 aliphatic rings. The highest BCUT2D eigenvalue weighted by Gasteiger charge is 2.40. The van der Waals surface area contributed by atoms with Gasteiger partial charge in [-0.2, -0.15) is 0 Å². The number of ether oxygens (including phenoxy) is 1.